The van der Waals surface area contributed by atoms with Crippen LogP contribution in [0, 0.1) is 3.57 Å². The summed E-state index contributed by atoms with van der Waals surface area (Å²) in [6.07, 6.45) is 0.782. The summed E-state index contributed by atoms with van der Waals surface area (Å²) in [7, 11) is 1.90. The van der Waals surface area contributed by atoms with Crippen molar-refractivity contribution in [2.24, 2.45) is 0 Å². The lowest BCUT2D eigenvalue weighted by molar-refractivity contribution is 0.422. The third-order valence-corrected chi connectivity index (χ3v) is 2.81. The molecule has 84 valence electrons. The lowest BCUT2D eigenvalue weighted by atomic mass is 10.2. The van der Waals surface area contributed by atoms with Crippen LogP contribution < -0.4 is 5.32 Å². The molecule has 0 bridgehead atoms. The molecule has 16 heavy (non-hydrogen) atoms. The number of rotatable bonds is 4. The van der Waals surface area contributed by atoms with Crippen molar-refractivity contribution < 1.29 is 4.52 Å². The van der Waals surface area contributed by atoms with Gasteiger partial charge in [0.1, 0.15) is 0 Å². The molecule has 0 amide bonds. The highest BCUT2D eigenvalue weighted by atomic mass is 127. The van der Waals surface area contributed by atoms with E-state index in [2.05, 4.69) is 38.0 Å². The fraction of sp³-hybridized carbons (Fsp3) is 0.273. The van der Waals surface area contributed by atoms with Crippen LogP contribution in [0.1, 0.15) is 5.82 Å². The first kappa shape index (κ1) is 11.5. The van der Waals surface area contributed by atoms with Crippen molar-refractivity contribution in [3.05, 3.63) is 33.7 Å². The predicted molar refractivity (Wildman–Crippen MR) is 70.1 cm³/mol. The Hall–Kier alpha value is -0.950. The molecular weight excluding hydrogens is 317 g/mol. The van der Waals surface area contributed by atoms with E-state index >= 15 is 0 Å². The van der Waals surface area contributed by atoms with Gasteiger partial charge in [0.2, 0.25) is 0 Å². The standard InChI is InChI=1S/C11H12IN3O/c1-13-6-5-10-14-11(16-15-10)8-3-2-4-9(12)7-8/h2-4,7,13H,5-6H2,1H3. The Morgan fingerprint density at radius 2 is 2.31 bits per heavy atom. The maximum Gasteiger partial charge on any atom is 0.257 e. The molecule has 1 heterocycles. The summed E-state index contributed by atoms with van der Waals surface area (Å²) in [6, 6.07) is 8.00. The number of nitrogens with one attached hydrogen (secondary N) is 1. The van der Waals surface area contributed by atoms with Crippen molar-refractivity contribution in [1.82, 2.24) is 15.5 Å². The average molecular weight is 329 g/mol. The zero-order valence-corrected chi connectivity index (χ0v) is 11.1. The highest BCUT2D eigenvalue weighted by molar-refractivity contribution is 14.1. The molecule has 0 spiro atoms. The van der Waals surface area contributed by atoms with E-state index in [1.807, 2.05) is 31.3 Å². The fourth-order valence-electron chi connectivity index (χ4n) is 1.33. The summed E-state index contributed by atoms with van der Waals surface area (Å²) in [4.78, 5) is 4.34. The summed E-state index contributed by atoms with van der Waals surface area (Å²) in [5.41, 5.74) is 0.968. The molecule has 5 heteroatoms. The highest BCUT2D eigenvalue weighted by Gasteiger charge is 2.08. The minimum Gasteiger partial charge on any atom is -0.334 e. The van der Waals surface area contributed by atoms with Crippen molar-refractivity contribution in [3.63, 3.8) is 0 Å². The van der Waals surface area contributed by atoms with Crippen LogP contribution in [0.15, 0.2) is 28.8 Å². The van der Waals surface area contributed by atoms with Gasteiger partial charge in [-0.05, 0) is 47.8 Å². The van der Waals surface area contributed by atoms with Gasteiger partial charge in [0.05, 0.1) is 0 Å². The van der Waals surface area contributed by atoms with Gasteiger partial charge in [0.15, 0.2) is 5.82 Å². The molecule has 1 aromatic carbocycles. The second-order valence-corrected chi connectivity index (χ2v) is 4.63. The molecule has 4 nitrogen and oxygen atoms in total. The number of halogens is 1. The first-order valence-corrected chi connectivity index (χ1v) is 6.10. The molecule has 0 saturated heterocycles. The van der Waals surface area contributed by atoms with Crippen LogP contribution in [0.2, 0.25) is 0 Å². The van der Waals surface area contributed by atoms with Crippen LogP contribution in [0.4, 0.5) is 0 Å². The summed E-state index contributed by atoms with van der Waals surface area (Å²) in [5, 5.41) is 6.98. The molecule has 0 saturated carbocycles. The van der Waals surface area contributed by atoms with E-state index in [1.165, 1.54) is 0 Å². The summed E-state index contributed by atoms with van der Waals surface area (Å²) in [6.45, 7) is 0.852. The zero-order valence-electron chi connectivity index (χ0n) is 8.90. The minimum absolute atomic E-state index is 0.588. The quantitative estimate of drug-likeness (QED) is 0.873. The molecule has 0 aliphatic rings. The molecule has 0 aliphatic heterocycles. The van der Waals surface area contributed by atoms with E-state index in [0.29, 0.717) is 5.89 Å². The fourth-order valence-corrected chi connectivity index (χ4v) is 1.87. The molecule has 1 aromatic heterocycles. The molecule has 0 atom stereocenters. The third-order valence-electron chi connectivity index (χ3n) is 2.14. The molecular formula is C11H12IN3O. The van der Waals surface area contributed by atoms with Gasteiger partial charge < -0.3 is 9.84 Å². The summed E-state index contributed by atoms with van der Waals surface area (Å²) in [5.74, 6) is 1.33. The van der Waals surface area contributed by atoms with Gasteiger partial charge in [-0.3, -0.25) is 0 Å². The second-order valence-electron chi connectivity index (χ2n) is 3.38. The first-order valence-electron chi connectivity index (χ1n) is 5.02. The Bertz CT molecular complexity index is 470. The number of hydrogen-bond donors (Lipinski definition) is 1. The van der Waals surface area contributed by atoms with Crippen LogP contribution in [0.5, 0.6) is 0 Å². The SMILES string of the molecule is CNCCc1noc(-c2cccc(I)c2)n1. The van der Waals surface area contributed by atoms with Gasteiger partial charge in [-0.25, -0.2) is 0 Å². The van der Waals surface area contributed by atoms with E-state index < -0.39 is 0 Å². The maximum atomic E-state index is 5.21. The summed E-state index contributed by atoms with van der Waals surface area (Å²) < 4.78 is 6.37. The number of hydrogen-bond acceptors (Lipinski definition) is 4. The molecule has 0 unspecified atom stereocenters. The average Bonchev–Trinajstić information content (AvgIpc) is 2.75. The minimum atomic E-state index is 0.588. The molecule has 2 rings (SSSR count). The van der Waals surface area contributed by atoms with Gasteiger partial charge in [-0.15, -0.1) is 0 Å². The van der Waals surface area contributed by atoms with E-state index in [1.54, 1.807) is 0 Å². The first-order chi connectivity index (χ1) is 7.79. The monoisotopic (exact) mass is 329 g/mol. The highest BCUT2D eigenvalue weighted by Crippen LogP contribution is 2.19. The van der Waals surface area contributed by atoms with E-state index in [-0.39, 0.29) is 0 Å². The molecule has 0 fully saturated rings. The lowest BCUT2D eigenvalue weighted by Gasteiger charge is -1.94. The van der Waals surface area contributed by atoms with Gasteiger partial charge in [0.25, 0.3) is 5.89 Å². The number of nitrogens with zero attached hydrogens (tertiary/aromatic N) is 2. The van der Waals surface area contributed by atoms with Crippen molar-refractivity contribution in [2.75, 3.05) is 13.6 Å². The number of aromatic nitrogens is 2. The van der Waals surface area contributed by atoms with Crippen LogP contribution in [0.25, 0.3) is 11.5 Å². The van der Waals surface area contributed by atoms with Crippen LogP contribution in [-0.2, 0) is 6.42 Å². The topological polar surface area (TPSA) is 51.0 Å². The van der Waals surface area contributed by atoms with Gasteiger partial charge >= 0.3 is 0 Å². The maximum absolute atomic E-state index is 5.21. The zero-order chi connectivity index (χ0) is 11.4. The van der Waals surface area contributed by atoms with Crippen LogP contribution in [-0.4, -0.2) is 23.7 Å². The Balaban J connectivity index is 2.18. The molecule has 2 aromatic rings. The van der Waals surface area contributed by atoms with Crippen LogP contribution in [0.3, 0.4) is 0 Å². The van der Waals surface area contributed by atoms with Crippen molar-refractivity contribution in [1.29, 1.82) is 0 Å². The number of benzene rings is 1. The van der Waals surface area contributed by atoms with Gasteiger partial charge in [0, 0.05) is 22.1 Å². The van der Waals surface area contributed by atoms with Gasteiger partial charge in [-0.2, -0.15) is 4.98 Å². The Morgan fingerprint density at radius 3 is 3.06 bits per heavy atom. The Labute approximate surface area is 108 Å². The van der Waals surface area contributed by atoms with E-state index in [4.69, 9.17) is 4.52 Å². The predicted octanol–water partition coefficient (Wildman–Crippen LogP) is 2.10. The lowest BCUT2D eigenvalue weighted by Crippen LogP contribution is -2.10. The van der Waals surface area contributed by atoms with Crippen molar-refractivity contribution in [2.45, 2.75) is 6.42 Å². The van der Waals surface area contributed by atoms with Crippen LogP contribution >= 0.6 is 22.6 Å². The van der Waals surface area contributed by atoms with Crippen molar-refractivity contribution >= 4 is 22.6 Å². The Kier molecular flexibility index (Phi) is 3.89. The van der Waals surface area contributed by atoms with Crippen molar-refractivity contribution in [3.8, 4) is 11.5 Å². The summed E-state index contributed by atoms with van der Waals surface area (Å²) >= 11 is 2.26. The van der Waals surface area contributed by atoms with E-state index in [9.17, 15) is 0 Å². The largest absolute Gasteiger partial charge is 0.334 e. The normalized spacial score (nSPS) is 10.6. The Morgan fingerprint density at radius 1 is 1.44 bits per heavy atom. The third kappa shape index (κ3) is 2.79. The number of likely N-dealkylation sites (N-methyl/N-ethyl adjacent to an activating group) is 1. The van der Waals surface area contributed by atoms with E-state index in [0.717, 1.165) is 27.9 Å². The molecule has 0 aliphatic carbocycles. The molecule has 0 radical (unpaired) electrons. The van der Waals surface area contributed by atoms with Gasteiger partial charge in [-0.1, -0.05) is 11.2 Å². The molecule has 1 N–H and O–H groups in total. The smallest absolute Gasteiger partial charge is 0.257 e. The second kappa shape index (κ2) is 5.40.